The van der Waals surface area contributed by atoms with E-state index in [1.54, 1.807) is 53.4 Å². The van der Waals surface area contributed by atoms with E-state index in [1.165, 1.54) is 4.90 Å². The zero-order valence-corrected chi connectivity index (χ0v) is 24.6. The van der Waals surface area contributed by atoms with Gasteiger partial charge >= 0.3 is 6.03 Å². The number of halogens is 2. The van der Waals surface area contributed by atoms with Gasteiger partial charge in [-0.15, -0.1) is 0 Å². The van der Waals surface area contributed by atoms with E-state index in [0.717, 1.165) is 5.56 Å². The minimum Gasteiger partial charge on any atom is -0.415 e. The molecule has 3 aromatic rings. The van der Waals surface area contributed by atoms with Crippen LogP contribution in [0.15, 0.2) is 72.8 Å². The number of amides is 2. The SMILES string of the molecule is Cc1cccc(C2(O)C(CO[Si](C)(C)C(C)(C)C)N(c3ccc(Cl)cc3)C(=O)N2c2ccc(Cl)cc2)c1. The van der Waals surface area contributed by atoms with Crippen LogP contribution < -0.4 is 9.80 Å². The number of carbonyl (C=O) groups is 1. The third kappa shape index (κ3) is 5.18. The van der Waals surface area contributed by atoms with Crippen LogP contribution in [-0.4, -0.2) is 32.1 Å². The molecule has 2 unspecified atom stereocenters. The van der Waals surface area contributed by atoms with Crippen LogP contribution in [0.25, 0.3) is 0 Å². The number of carbonyl (C=O) groups excluding carboxylic acids is 1. The maximum Gasteiger partial charge on any atom is 0.332 e. The standard InChI is InChI=1S/C29H34Cl2N2O3Si/c1-20-8-7-9-21(18-20)29(35)26(19-36-37(5,6)28(2,3)4)32(24-14-10-22(30)11-15-24)27(34)33(29)25-16-12-23(31)13-17-25/h7-18,26,35H,19H2,1-6H3. The van der Waals surface area contributed by atoms with Gasteiger partial charge in [-0.3, -0.25) is 9.80 Å². The van der Waals surface area contributed by atoms with Crippen molar-refractivity contribution in [3.63, 3.8) is 0 Å². The number of aryl methyl sites for hydroxylation is 1. The van der Waals surface area contributed by atoms with Crippen LogP contribution in [0, 0.1) is 6.92 Å². The molecule has 0 radical (unpaired) electrons. The summed E-state index contributed by atoms with van der Waals surface area (Å²) < 4.78 is 6.66. The molecule has 2 amide bonds. The molecule has 8 heteroatoms. The highest BCUT2D eigenvalue weighted by Gasteiger charge is 2.59. The predicted octanol–water partition coefficient (Wildman–Crippen LogP) is 7.98. The molecule has 196 valence electrons. The second kappa shape index (κ2) is 10.1. The summed E-state index contributed by atoms with van der Waals surface area (Å²) in [6.07, 6.45) is 0. The normalized spacial score (nSPS) is 20.6. The van der Waals surface area contributed by atoms with E-state index in [4.69, 9.17) is 27.6 Å². The highest BCUT2D eigenvalue weighted by Crippen LogP contribution is 2.46. The number of hydrogen-bond acceptors (Lipinski definition) is 3. The summed E-state index contributed by atoms with van der Waals surface area (Å²) >= 11 is 12.3. The number of nitrogens with zero attached hydrogens (tertiary/aromatic N) is 2. The summed E-state index contributed by atoms with van der Waals surface area (Å²) in [6, 6.07) is 20.5. The van der Waals surface area contributed by atoms with E-state index in [0.29, 0.717) is 27.0 Å². The van der Waals surface area contributed by atoms with E-state index in [1.807, 2.05) is 31.2 Å². The maximum absolute atomic E-state index is 14.3. The Morgan fingerprint density at radius 2 is 1.49 bits per heavy atom. The smallest absolute Gasteiger partial charge is 0.332 e. The summed E-state index contributed by atoms with van der Waals surface area (Å²) in [5.74, 6) is 0. The minimum absolute atomic E-state index is 0.0436. The molecule has 37 heavy (non-hydrogen) atoms. The van der Waals surface area contributed by atoms with Crippen molar-refractivity contribution in [2.45, 2.75) is 57.6 Å². The molecule has 1 aliphatic rings. The van der Waals surface area contributed by atoms with Crippen molar-refractivity contribution >= 4 is 48.9 Å². The zero-order valence-electron chi connectivity index (χ0n) is 22.1. The van der Waals surface area contributed by atoms with Crippen molar-refractivity contribution < 1.29 is 14.3 Å². The van der Waals surface area contributed by atoms with E-state index < -0.39 is 20.1 Å². The molecule has 1 N–H and O–H groups in total. The molecular weight excluding hydrogens is 523 g/mol. The molecule has 1 heterocycles. The lowest BCUT2D eigenvalue weighted by molar-refractivity contribution is 0.0151. The van der Waals surface area contributed by atoms with Crippen LogP contribution in [0.2, 0.25) is 28.2 Å². The van der Waals surface area contributed by atoms with E-state index in [-0.39, 0.29) is 17.7 Å². The van der Waals surface area contributed by atoms with Gasteiger partial charge in [0.05, 0.1) is 6.61 Å². The van der Waals surface area contributed by atoms with Crippen LogP contribution in [0.5, 0.6) is 0 Å². The molecular formula is C29H34Cl2N2O3Si. The fourth-order valence-electron chi connectivity index (χ4n) is 4.40. The van der Waals surface area contributed by atoms with E-state index >= 15 is 0 Å². The zero-order chi connectivity index (χ0) is 27.2. The average Bonchev–Trinajstić information content (AvgIpc) is 3.05. The van der Waals surface area contributed by atoms with Crippen molar-refractivity contribution in [2.24, 2.45) is 0 Å². The van der Waals surface area contributed by atoms with Crippen molar-refractivity contribution in [1.29, 1.82) is 0 Å². The lowest BCUT2D eigenvalue weighted by Crippen LogP contribution is -2.54. The second-order valence-electron chi connectivity index (χ2n) is 11.1. The molecule has 2 atom stereocenters. The van der Waals surface area contributed by atoms with Gasteiger partial charge in [-0.25, -0.2) is 4.79 Å². The van der Waals surface area contributed by atoms with E-state index in [2.05, 4.69) is 33.9 Å². The first kappa shape index (κ1) is 27.7. The van der Waals surface area contributed by atoms with Gasteiger partial charge in [-0.2, -0.15) is 0 Å². The van der Waals surface area contributed by atoms with Crippen LogP contribution >= 0.6 is 23.2 Å². The van der Waals surface area contributed by atoms with Crippen LogP contribution in [0.4, 0.5) is 16.2 Å². The van der Waals surface area contributed by atoms with Gasteiger partial charge in [-0.1, -0.05) is 73.8 Å². The van der Waals surface area contributed by atoms with Crippen LogP contribution in [0.1, 0.15) is 31.9 Å². The Morgan fingerprint density at radius 1 is 0.946 bits per heavy atom. The Hall–Kier alpha value is -2.35. The monoisotopic (exact) mass is 556 g/mol. The van der Waals surface area contributed by atoms with Gasteiger partial charge in [0.25, 0.3) is 0 Å². The largest absolute Gasteiger partial charge is 0.415 e. The van der Waals surface area contributed by atoms with Crippen LogP contribution in [0.3, 0.4) is 0 Å². The van der Waals surface area contributed by atoms with Gasteiger partial charge in [0.1, 0.15) is 6.04 Å². The molecule has 1 fully saturated rings. The highest BCUT2D eigenvalue weighted by molar-refractivity contribution is 6.74. The lowest BCUT2D eigenvalue weighted by atomic mass is 9.92. The summed E-state index contributed by atoms with van der Waals surface area (Å²) in [5.41, 5.74) is 1.02. The molecule has 0 bridgehead atoms. The Bertz CT molecular complexity index is 1280. The van der Waals surface area contributed by atoms with Gasteiger partial charge < -0.3 is 9.53 Å². The summed E-state index contributed by atoms with van der Waals surface area (Å²) in [5, 5.41) is 13.8. The van der Waals surface area contributed by atoms with Gasteiger partial charge in [-0.05, 0) is 73.6 Å². The van der Waals surface area contributed by atoms with Crippen molar-refractivity contribution in [2.75, 3.05) is 16.4 Å². The Kier molecular flexibility index (Phi) is 7.54. The Labute approximate surface area is 230 Å². The van der Waals surface area contributed by atoms with Gasteiger partial charge in [0.15, 0.2) is 14.0 Å². The molecule has 0 aliphatic carbocycles. The first-order valence-electron chi connectivity index (χ1n) is 12.3. The first-order valence-corrected chi connectivity index (χ1v) is 16.0. The second-order valence-corrected chi connectivity index (χ2v) is 16.8. The number of rotatable bonds is 6. The fraction of sp³-hybridized carbons (Fsp3) is 0.345. The minimum atomic E-state index is -2.22. The maximum atomic E-state index is 14.3. The molecule has 1 saturated heterocycles. The molecule has 4 rings (SSSR count). The molecule has 1 aliphatic heterocycles. The fourth-order valence-corrected chi connectivity index (χ4v) is 5.65. The summed E-state index contributed by atoms with van der Waals surface area (Å²) in [4.78, 5) is 17.3. The third-order valence-corrected chi connectivity index (χ3v) is 12.6. The third-order valence-electron chi connectivity index (χ3n) is 7.56. The summed E-state index contributed by atoms with van der Waals surface area (Å²) in [6.45, 7) is 13.0. The molecule has 0 spiro atoms. The first-order chi connectivity index (χ1) is 17.3. The van der Waals surface area contributed by atoms with E-state index in [9.17, 15) is 9.90 Å². The Balaban J connectivity index is 1.93. The number of benzene rings is 3. The molecule has 3 aromatic carbocycles. The Morgan fingerprint density at radius 3 is 2.00 bits per heavy atom. The van der Waals surface area contributed by atoms with Crippen molar-refractivity contribution in [3.8, 4) is 0 Å². The number of hydrogen-bond donors (Lipinski definition) is 1. The highest BCUT2D eigenvalue weighted by atomic mass is 35.5. The van der Waals surface area contributed by atoms with Crippen molar-refractivity contribution in [1.82, 2.24) is 0 Å². The number of anilines is 2. The number of aliphatic hydroxyl groups is 1. The quantitative estimate of drug-likeness (QED) is 0.313. The molecule has 0 saturated carbocycles. The summed E-state index contributed by atoms with van der Waals surface area (Å²) in [7, 11) is -2.22. The average molecular weight is 558 g/mol. The predicted molar refractivity (Wildman–Crippen MR) is 155 cm³/mol. The topological polar surface area (TPSA) is 53.0 Å². The van der Waals surface area contributed by atoms with Crippen LogP contribution in [-0.2, 0) is 10.2 Å². The number of urea groups is 1. The van der Waals surface area contributed by atoms with Gasteiger partial charge in [0.2, 0.25) is 0 Å². The lowest BCUT2D eigenvalue weighted by Gasteiger charge is -2.41. The van der Waals surface area contributed by atoms with Crippen molar-refractivity contribution in [3.05, 3.63) is 94.0 Å². The molecule has 0 aromatic heterocycles. The molecule has 5 nitrogen and oxygen atoms in total. The van der Waals surface area contributed by atoms with Gasteiger partial charge in [0, 0.05) is 27.0 Å².